The summed E-state index contributed by atoms with van der Waals surface area (Å²) in [5, 5.41) is 9.50. The quantitative estimate of drug-likeness (QED) is 0.454. The highest BCUT2D eigenvalue weighted by molar-refractivity contribution is 5.78. The minimum Gasteiger partial charge on any atom is -0.370 e. The van der Waals surface area contributed by atoms with Crippen molar-refractivity contribution in [2.24, 2.45) is 10.7 Å². The van der Waals surface area contributed by atoms with Crippen LogP contribution in [0.15, 0.2) is 11.3 Å². The zero-order valence-electron chi connectivity index (χ0n) is 8.49. The van der Waals surface area contributed by atoms with Crippen LogP contribution in [0.3, 0.4) is 0 Å². The minimum absolute atomic E-state index is 0.309. The highest BCUT2D eigenvalue weighted by atomic mass is 15.2. The van der Waals surface area contributed by atoms with Crippen LogP contribution in [0.5, 0.6) is 0 Å². The lowest BCUT2D eigenvalue weighted by Crippen LogP contribution is -2.36. The molecular formula is C8H16N6. The summed E-state index contributed by atoms with van der Waals surface area (Å²) in [6.07, 6.45) is 2.20. The van der Waals surface area contributed by atoms with Gasteiger partial charge in [-0.05, 0) is 13.8 Å². The maximum Gasteiger partial charge on any atom is 0.188 e. The Balaban J connectivity index is 2.26. The van der Waals surface area contributed by atoms with Crippen LogP contribution in [0, 0.1) is 0 Å². The average molecular weight is 196 g/mol. The topological polar surface area (TPSA) is 92.0 Å². The number of hydrogen-bond donors (Lipinski definition) is 3. The Bertz CT molecular complexity index is 276. The van der Waals surface area contributed by atoms with Gasteiger partial charge in [0.2, 0.25) is 0 Å². The van der Waals surface area contributed by atoms with Gasteiger partial charge in [-0.3, -0.25) is 10.1 Å². The molecule has 0 radical (unpaired) electrons. The lowest BCUT2D eigenvalue weighted by atomic mass is 10.4. The summed E-state index contributed by atoms with van der Waals surface area (Å²) >= 11 is 0. The minimum atomic E-state index is 0.309. The van der Waals surface area contributed by atoms with Gasteiger partial charge in [0.1, 0.15) is 12.2 Å². The number of aliphatic imine (C=N–C) groups is 1. The van der Waals surface area contributed by atoms with Crippen molar-refractivity contribution in [1.82, 2.24) is 20.5 Å². The second-order valence-corrected chi connectivity index (χ2v) is 3.25. The Morgan fingerprint density at radius 2 is 2.50 bits per heavy atom. The van der Waals surface area contributed by atoms with E-state index in [1.807, 2.05) is 13.8 Å². The van der Waals surface area contributed by atoms with Crippen molar-refractivity contribution in [2.75, 3.05) is 6.54 Å². The van der Waals surface area contributed by atoms with E-state index in [2.05, 4.69) is 25.5 Å². The smallest absolute Gasteiger partial charge is 0.188 e. The summed E-state index contributed by atoms with van der Waals surface area (Å²) in [7, 11) is 0. The number of nitrogens with one attached hydrogen (secondary N) is 2. The summed E-state index contributed by atoms with van der Waals surface area (Å²) in [5.74, 6) is 1.30. The van der Waals surface area contributed by atoms with E-state index in [1.54, 1.807) is 0 Å². The third-order valence-corrected chi connectivity index (χ3v) is 1.53. The predicted octanol–water partition coefficient (Wildman–Crippen LogP) is -0.340. The molecule has 0 saturated heterocycles. The van der Waals surface area contributed by atoms with E-state index in [-0.39, 0.29) is 0 Å². The van der Waals surface area contributed by atoms with E-state index in [1.165, 1.54) is 6.33 Å². The van der Waals surface area contributed by atoms with Crippen molar-refractivity contribution >= 4 is 5.96 Å². The molecule has 0 aliphatic heterocycles. The molecule has 0 aromatic carbocycles. The van der Waals surface area contributed by atoms with Gasteiger partial charge in [-0.25, -0.2) is 4.98 Å². The molecule has 1 heterocycles. The van der Waals surface area contributed by atoms with Crippen LogP contribution in [0.25, 0.3) is 0 Å². The largest absolute Gasteiger partial charge is 0.370 e. The second kappa shape index (κ2) is 5.21. The third kappa shape index (κ3) is 3.88. The van der Waals surface area contributed by atoms with Gasteiger partial charge >= 0.3 is 0 Å². The van der Waals surface area contributed by atoms with Crippen LogP contribution in [0.4, 0.5) is 0 Å². The molecule has 1 aromatic rings. The fourth-order valence-corrected chi connectivity index (χ4v) is 0.975. The molecule has 4 N–H and O–H groups in total. The standard InChI is InChI=1S/C8H16N6/c1-6(2)13-8(9)10-4-3-7-11-5-12-14-7/h5-6H,3-4H2,1-2H3,(H3,9,10,13)(H,11,12,14). The first-order valence-corrected chi connectivity index (χ1v) is 4.59. The van der Waals surface area contributed by atoms with Gasteiger partial charge in [0.25, 0.3) is 0 Å². The molecule has 0 aliphatic carbocycles. The predicted molar refractivity (Wildman–Crippen MR) is 54.8 cm³/mol. The summed E-state index contributed by atoms with van der Waals surface area (Å²) < 4.78 is 0. The molecule has 78 valence electrons. The molecule has 0 saturated carbocycles. The van der Waals surface area contributed by atoms with E-state index in [0.717, 1.165) is 12.2 Å². The van der Waals surface area contributed by atoms with Crippen LogP contribution < -0.4 is 11.1 Å². The van der Waals surface area contributed by atoms with Crippen LogP contribution in [0.2, 0.25) is 0 Å². The second-order valence-electron chi connectivity index (χ2n) is 3.25. The highest BCUT2D eigenvalue weighted by Crippen LogP contribution is 1.87. The molecule has 6 heteroatoms. The fraction of sp³-hybridized carbons (Fsp3) is 0.625. The normalized spacial score (nSPS) is 12.1. The lowest BCUT2D eigenvalue weighted by molar-refractivity contribution is 0.722. The average Bonchev–Trinajstić information content (AvgIpc) is 2.55. The van der Waals surface area contributed by atoms with Crippen LogP contribution in [0.1, 0.15) is 19.7 Å². The van der Waals surface area contributed by atoms with Gasteiger partial charge in [0.05, 0.1) is 0 Å². The van der Waals surface area contributed by atoms with Gasteiger partial charge in [-0.2, -0.15) is 5.10 Å². The number of nitrogens with two attached hydrogens (primary N) is 1. The van der Waals surface area contributed by atoms with Crippen molar-refractivity contribution in [2.45, 2.75) is 26.3 Å². The SMILES string of the molecule is CC(C)NC(N)=NCCc1ncn[nH]1. The van der Waals surface area contributed by atoms with E-state index in [9.17, 15) is 0 Å². The molecule has 0 spiro atoms. The Kier molecular flexibility index (Phi) is 3.90. The zero-order chi connectivity index (χ0) is 10.4. The molecule has 0 unspecified atom stereocenters. The number of nitrogens with zero attached hydrogens (tertiary/aromatic N) is 3. The van der Waals surface area contributed by atoms with E-state index >= 15 is 0 Å². The molecule has 1 rings (SSSR count). The van der Waals surface area contributed by atoms with Crippen LogP contribution in [-0.2, 0) is 6.42 Å². The number of H-pyrrole nitrogens is 1. The van der Waals surface area contributed by atoms with Gasteiger partial charge < -0.3 is 11.1 Å². The monoisotopic (exact) mass is 196 g/mol. The van der Waals surface area contributed by atoms with Gasteiger partial charge in [0.15, 0.2) is 5.96 Å². The molecule has 0 amide bonds. The van der Waals surface area contributed by atoms with Crippen molar-refractivity contribution in [1.29, 1.82) is 0 Å². The highest BCUT2D eigenvalue weighted by Gasteiger charge is 1.96. The molecule has 6 nitrogen and oxygen atoms in total. The number of rotatable bonds is 4. The van der Waals surface area contributed by atoms with Gasteiger partial charge in [-0.1, -0.05) is 0 Å². The molecule has 14 heavy (non-hydrogen) atoms. The number of aromatic amines is 1. The molecule has 1 aromatic heterocycles. The molecular weight excluding hydrogens is 180 g/mol. The summed E-state index contributed by atoms with van der Waals surface area (Å²) in [6.45, 7) is 4.64. The molecule has 0 atom stereocenters. The van der Waals surface area contributed by atoms with Crippen LogP contribution >= 0.6 is 0 Å². The Morgan fingerprint density at radius 1 is 1.71 bits per heavy atom. The van der Waals surface area contributed by atoms with Crippen LogP contribution in [-0.4, -0.2) is 33.7 Å². The maximum absolute atomic E-state index is 5.61. The number of guanidine groups is 1. The van der Waals surface area contributed by atoms with E-state index in [0.29, 0.717) is 18.5 Å². The van der Waals surface area contributed by atoms with Crippen molar-refractivity contribution in [3.63, 3.8) is 0 Å². The Morgan fingerprint density at radius 3 is 3.07 bits per heavy atom. The third-order valence-electron chi connectivity index (χ3n) is 1.53. The summed E-state index contributed by atoms with van der Waals surface area (Å²) in [6, 6.07) is 0.309. The lowest BCUT2D eigenvalue weighted by Gasteiger charge is -2.07. The van der Waals surface area contributed by atoms with Crippen molar-refractivity contribution < 1.29 is 0 Å². The zero-order valence-corrected chi connectivity index (χ0v) is 8.49. The first kappa shape index (κ1) is 10.5. The molecule has 0 aliphatic rings. The van der Waals surface area contributed by atoms with Crippen molar-refractivity contribution in [3.8, 4) is 0 Å². The van der Waals surface area contributed by atoms with E-state index in [4.69, 9.17) is 5.73 Å². The number of aromatic nitrogens is 3. The summed E-state index contributed by atoms with van der Waals surface area (Å²) in [5.41, 5.74) is 5.61. The Labute approximate surface area is 83.0 Å². The maximum atomic E-state index is 5.61. The molecule has 0 bridgehead atoms. The summed E-state index contributed by atoms with van der Waals surface area (Å²) in [4.78, 5) is 8.11. The van der Waals surface area contributed by atoms with E-state index < -0.39 is 0 Å². The first-order valence-electron chi connectivity index (χ1n) is 4.59. The van der Waals surface area contributed by atoms with Gasteiger partial charge in [-0.15, -0.1) is 0 Å². The van der Waals surface area contributed by atoms with Gasteiger partial charge in [0, 0.05) is 19.0 Å². The Hall–Kier alpha value is -1.59. The number of hydrogen-bond acceptors (Lipinski definition) is 3. The fourth-order valence-electron chi connectivity index (χ4n) is 0.975. The first-order chi connectivity index (χ1) is 6.68. The molecule has 0 fully saturated rings. The van der Waals surface area contributed by atoms with Crippen molar-refractivity contribution in [3.05, 3.63) is 12.2 Å².